The predicted octanol–water partition coefficient (Wildman–Crippen LogP) is 2.24. The van der Waals surface area contributed by atoms with E-state index in [4.69, 9.17) is 16.3 Å². The van der Waals surface area contributed by atoms with Crippen molar-refractivity contribution in [1.82, 2.24) is 9.88 Å². The van der Waals surface area contributed by atoms with Crippen molar-refractivity contribution in [1.29, 1.82) is 0 Å². The molecular weight excluding hydrogens is 330 g/mol. The third kappa shape index (κ3) is 3.25. The third-order valence-electron chi connectivity index (χ3n) is 3.86. The van der Waals surface area contributed by atoms with Gasteiger partial charge in [0.1, 0.15) is 0 Å². The fraction of sp³-hybridized carbons (Fsp3) is 0.235. The van der Waals surface area contributed by atoms with Crippen LogP contribution in [0.25, 0.3) is 10.8 Å². The monoisotopic (exact) mass is 345 g/mol. The van der Waals surface area contributed by atoms with E-state index in [1.807, 2.05) is 6.07 Å². The van der Waals surface area contributed by atoms with E-state index in [1.165, 1.54) is 11.0 Å². The summed E-state index contributed by atoms with van der Waals surface area (Å²) < 4.78 is 5.47. The molecule has 1 saturated heterocycles. The number of nitrogens with one attached hydrogen (secondary N) is 1. The van der Waals surface area contributed by atoms with Crippen LogP contribution in [-0.2, 0) is 14.3 Å². The van der Waals surface area contributed by atoms with E-state index in [0.717, 1.165) is 10.8 Å². The summed E-state index contributed by atoms with van der Waals surface area (Å²) in [7, 11) is 0. The maximum atomic E-state index is 12.4. The zero-order chi connectivity index (χ0) is 17.1. The minimum atomic E-state index is -0.744. The van der Waals surface area contributed by atoms with Crippen LogP contribution in [0, 0.1) is 0 Å². The Hall–Kier alpha value is -2.44. The Bertz CT molecular complexity index is 809. The lowest BCUT2D eigenvalue weighted by atomic mass is 10.1. The number of rotatable bonds is 3. The van der Waals surface area contributed by atoms with Crippen LogP contribution in [0.5, 0.6) is 0 Å². The molecule has 1 fully saturated rings. The van der Waals surface area contributed by atoms with Gasteiger partial charge >= 0.3 is 0 Å². The molecule has 124 valence electrons. The van der Waals surface area contributed by atoms with Gasteiger partial charge in [0.25, 0.3) is 5.91 Å². The maximum absolute atomic E-state index is 12.4. The van der Waals surface area contributed by atoms with E-state index in [-0.39, 0.29) is 18.4 Å². The van der Waals surface area contributed by atoms with Crippen molar-refractivity contribution in [2.24, 2.45) is 0 Å². The largest absolute Gasteiger partial charge is 0.365 e. The van der Waals surface area contributed by atoms with E-state index in [0.29, 0.717) is 23.9 Å². The molecule has 0 spiro atoms. The topological polar surface area (TPSA) is 71.5 Å². The highest BCUT2D eigenvalue weighted by Crippen LogP contribution is 2.30. The van der Waals surface area contributed by atoms with Gasteiger partial charge in [-0.2, -0.15) is 0 Å². The lowest BCUT2D eigenvalue weighted by Crippen LogP contribution is -2.49. The summed E-state index contributed by atoms with van der Waals surface area (Å²) in [4.78, 5) is 29.7. The quantitative estimate of drug-likeness (QED) is 0.866. The molecule has 1 atom stereocenters. The number of fused-ring (bicyclic) bond motifs is 1. The van der Waals surface area contributed by atoms with Gasteiger partial charge in [0, 0.05) is 29.7 Å². The average Bonchev–Trinajstić information content (AvgIpc) is 2.63. The van der Waals surface area contributed by atoms with E-state index in [1.54, 1.807) is 24.5 Å². The summed E-state index contributed by atoms with van der Waals surface area (Å²) in [5.41, 5.74) is 0.496. The van der Waals surface area contributed by atoms with Gasteiger partial charge in [0.05, 0.1) is 23.9 Å². The molecule has 2 heterocycles. The highest BCUT2D eigenvalue weighted by Gasteiger charge is 2.28. The number of carbonyl (C=O) groups excluding carboxylic acids is 2. The van der Waals surface area contributed by atoms with Gasteiger partial charge in [-0.3, -0.25) is 14.6 Å². The first-order valence-electron chi connectivity index (χ1n) is 7.46. The van der Waals surface area contributed by atoms with Gasteiger partial charge in [-0.25, -0.2) is 0 Å². The zero-order valence-electron chi connectivity index (χ0n) is 12.9. The standard InChI is InChI=1S/C17H16ClN3O3/c1-2-15(22)21-7-8-24-14(10-21)17(23)20-13-4-3-11-9-19-6-5-12(11)16(13)18/h2-6,9,14H,1,7-8,10H2,(H,20,23). The second-order valence-electron chi connectivity index (χ2n) is 5.36. The van der Waals surface area contributed by atoms with Crippen LogP contribution < -0.4 is 5.32 Å². The number of nitrogens with zero attached hydrogens (tertiary/aromatic N) is 2. The Balaban J connectivity index is 1.76. The fourth-order valence-corrected chi connectivity index (χ4v) is 2.86. The number of amides is 2. The molecule has 7 heteroatoms. The van der Waals surface area contributed by atoms with E-state index >= 15 is 0 Å². The molecule has 0 bridgehead atoms. The maximum Gasteiger partial charge on any atom is 0.255 e. The molecule has 0 saturated carbocycles. The summed E-state index contributed by atoms with van der Waals surface area (Å²) in [6.45, 7) is 4.39. The summed E-state index contributed by atoms with van der Waals surface area (Å²) >= 11 is 6.37. The Morgan fingerprint density at radius 2 is 2.25 bits per heavy atom. The normalized spacial score (nSPS) is 17.5. The predicted molar refractivity (Wildman–Crippen MR) is 91.9 cm³/mol. The molecule has 3 rings (SSSR count). The van der Waals surface area contributed by atoms with Crippen molar-refractivity contribution in [3.63, 3.8) is 0 Å². The number of morpholine rings is 1. The van der Waals surface area contributed by atoms with Crippen molar-refractivity contribution < 1.29 is 14.3 Å². The Morgan fingerprint density at radius 3 is 3.04 bits per heavy atom. The van der Waals surface area contributed by atoms with Crippen LogP contribution in [-0.4, -0.2) is 47.5 Å². The van der Waals surface area contributed by atoms with Crippen molar-refractivity contribution in [2.45, 2.75) is 6.10 Å². The number of hydrogen-bond acceptors (Lipinski definition) is 4. The van der Waals surface area contributed by atoms with Crippen LogP contribution in [0.2, 0.25) is 5.02 Å². The fourth-order valence-electron chi connectivity index (χ4n) is 2.58. The van der Waals surface area contributed by atoms with Gasteiger partial charge in [0.2, 0.25) is 5.91 Å². The average molecular weight is 346 g/mol. The number of halogens is 1. The van der Waals surface area contributed by atoms with E-state index in [2.05, 4.69) is 16.9 Å². The van der Waals surface area contributed by atoms with Crippen LogP contribution in [0.15, 0.2) is 43.2 Å². The highest BCUT2D eigenvalue weighted by molar-refractivity contribution is 6.38. The van der Waals surface area contributed by atoms with Gasteiger partial charge in [-0.05, 0) is 18.2 Å². The molecular formula is C17H16ClN3O3. The summed E-state index contributed by atoms with van der Waals surface area (Å²) in [6, 6.07) is 5.34. The second-order valence-corrected chi connectivity index (χ2v) is 5.74. The molecule has 1 aliphatic rings. The lowest BCUT2D eigenvalue weighted by Gasteiger charge is -2.31. The van der Waals surface area contributed by atoms with Gasteiger partial charge in [-0.1, -0.05) is 24.2 Å². The molecule has 1 aromatic heterocycles. The van der Waals surface area contributed by atoms with Gasteiger partial charge in [0.15, 0.2) is 6.10 Å². The molecule has 1 aromatic carbocycles. The number of benzene rings is 1. The van der Waals surface area contributed by atoms with E-state index < -0.39 is 6.10 Å². The van der Waals surface area contributed by atoms with E-state index in [9.17, 15) is 9.59 Å². The number of carbonyl (C=O) groups is 2. The number of aromatic nitrogens is 1. The van der Waals surface area contributed by atoms with Crippen LogP contribution in [0.1, 0.15) is 0 Å². The summed E-state index contributed by atoms with van der Waals surface area (Å²) in [6.07, 6.45) is 3.83. The number of ether oxygens (including phenoxy) is 1. The van der Waals surface area contributed by atoms with Crippen molar-refractivity contribution in [3.8, 4) is 0 Å². The lowest BCUT2D eigenvalue weighted by molar-refractivity contribution is -0.141. The van der Waals surface area contributed by atoms with Crippen molar-refractivity contribution in [3.05, 3.63) is 48.3 Å². The molecule has 24 heavy (non-hydrogen) atoms. The first-order chi connectivity index (χ1) is 11.6. The Morgan fingerprint density at radius 1 is 1.42 bits per heavy atom. The Kier molecular flexibility index (Phi) is 4.78. The summed E-state index contributed by atoms with van der Waals surface area (Å²) in [5, 5.41) is 4.90. The molecule has 1 unspecified atom stereocenters. The number of pyridine rings is 1. The number of hydrogen-bond donors (Lipinski definition) is 1. The molecule has 0 radical (unpaired) electrons. The zero-order valence-corrected chi connectivity index (χ0v) is 13.6. The number of anilines is 1. The SMILES string of the molecule is C=CC(=O)N1CCOC(C(=O)Nc2ccc3cnccc3c2Cl)C1. The minimum Gasteiger partial charge on any atom is -0.365 e. The smallest absolute Gasteiger partial charge is 0.255 e. The highest BCUT2D eigenvalue weighted by atomic mass is 35.5. The molecule has 2 aromatic rings. The minimum absolute atomic E-state index is 0.186. The molecule has 2 amide bonds. The molecule has 0 aliphatic carbocycles. The first kappa shape index (κ1) is 16.4. The van der Waals surface area contributed by atoms with Gasteiger partial charge in [-0.15, -0.1) is 0 Å². The van der Waals surface area contributed by atoms with Crippen molar-refractivity contribution in [2.75, 3.05) is 25.0 Å². The van der Waals surface area contributed by atoms with Crippen LogP contribution in [0.3, 0.4) is 0 Å². The molecule has 1 N–H and O–H groups in total. The summed E-state index contributed by atoms with van der Waals surface area (Å²) in [5.74, 6) is -0.556. The van der Waals surface area contributed by atoms with Crippen LogP contribution in [0.4, 0.5) is 5.69 Å². The first-order valence-corrected chi connectivity index (χ1v) is 7.84. The van der Waals surface area contributed by atoms with Crippen molar-refractivity contribution >= 4 is 39.9 Å². The van der Waals surface area contributed by atoms with Gasteiger partial charge < -0.3 is 15.0 Å². The molecule has 6 nitrogen and oxygen atoms in total. The second kappa shape index (κ2) is 6.98. The third-order valence-corrected chi connectivity index (χ3v) is 4.26. The Labute approximate surface area is 144 Å². The molecule has 1 aliphatic heterocycles. The van der Waals surface area contributed by atoms with Crippen LogP contribution >= 0.6 is 11.6 Å².